The highest BCUT2D eigenvalue weighted by atomic mass is 32.2. The molecule has 20 heavy (non-hydrogen) atoms. The molecule has 4 N–H and O–H groups in total. The summed E-state index contributed by atoms with van der Waals surface area (Å²) in [6.07, 6.45) is 0.811. The van der Waals surface area contributed by atoms with Gasteiger partial charge in [-0.2, -0.15) is 5.10 Å². The monoisotopic (exact) mass is 301 g/mol. The molecule has 1 saturated heterocycles. The Labute approximate surface area is 120 Å². The van der Waals surface area contributed by atoms with Crippen molar-refractivity contribution in [1.29, 1.82) is 0 Å². The van der Waals surface area contributed by atoms with Crippen LogP contribution in [0.2, 0.25) is 0 Å². The largest absolute Gasteiger partial charge is 0.325 e. The summed E-state index contributed by atoms with van der Waals surface area (Å²) >= 11 is 0. The van der Waals surface area contributed by atoms with Crippen LogP contribution in [0, 0.1) is 12.8 Å². The maximum Gasteiger partial charge on any atom is 0.244 e. The highest BCUT2D eigenvalue weighted by molar-refractivity contribution is 7.89. The summed E-state index contributed by atoms with van der Waals surface area (Å²) in [6.45, 7) is 5.64. The van der Waals surface area contributed by atoms with Gasteiger partial charge in [0.1, 0.15) is 4.90 Å². The number of aromatic amines is 1. The number of nitrogens with two attached hydrogens (primary N) is 1. The number of aryl methyl sites for hydroxylation is 1. The first kappa shape index (κ1) is 15.4. The molecule has 114 valence electrons. The van der Waals surface area contributed by atoms with Crippen molar-refractivity contribution >= 4 is 10.0 Å². The van der Waals surface area contributed by atoms with Crippen LogP contribution in [0.4, 0.5) is 0 Å². The van der Waals surface area contributed by atoms with Gasteiger partial charge in [0, 0.05) is 19.1 Å². The SMILES string of the molecule is Cc1[nH]nc(CN)c1S(=O)(=O)NC1CCN(C)CC1C. The Balaban J connectivity index is 2.21. The molecular formula is C12H23N5O2S. The number of nitrogens with zero attached hydrogens (tertiary/aromatic N) is 2. The van der Waals surface area contributed by atoms with Crippen molar-refractivity contribution in [3.8, 4) is 0 Å². The average molecular weight is 301 g/mol. The number of hydrogen-bond donors (Lipinski definition) is 3. The summed E-state index contributed by atoms with van der Waals surface area (Å²) in [7, 11) is -1.53. The quantitative estimate of drug-likeness (QED) is 0.714. The van der Waals surface area contributed by atoms with Gasteiger partial charge in [-0.3, -0.25) is 5.10 Å². The van der Waals surface area contributed by atoms with Crippen LogP contribution in [-0.4, -0.2) is 49.7 Å². The second-order valence-electron chi connectivity index (χ2n) is 5.58. The molecule has 2 rings (SSSR count). The lowest BCUT2D eigenvalue weighted by Crippen LogP contribution is -2.48. The van der Waals surface area contributed by atoms with Gasteiger partial charge in [0.05, 0.1) is 11.4 Å². The van der Waals surface area contributed by atoms with Gasteiger partial charge in [0.25, 0.3) is 0 Å². The Bertz CT molecular complexity index is 568. The Morgan fingerprint density at radius 2 is 2.25 bits per heavy atom. The number of aromatic nitrogens is 2. The summed E-state index contributed by atoms with van der Waals surface area (Å²) in [5.74, 6) is 0.275. The first-order valence-electron chi connectivity index (χ1n) is 6.80. The molecule has 1 fully saturated rings. The highest BCUT2D eigenvalue weighted by Gasteiger charge is 2.31. The van der Waals surface area contributed by atoms with E-state index in [1.165, 1.54) is 0 Å². The third kappa shape index (κ3) is 3.03. The lowest BCUT2D eigenvalue weighted by Gasteiger charge is -2.34. The molecule has 8 heteroatoms. The highest BCUT2D eigenvalue weighted by Crippen LogP contribution is 2.21. The van der Waals surface area contributed by atoms with Crippen LogP contribution in [0.3, 0.4) is 0 Å². The van der Waals surface area contributed by atoms with Crippen LogP contribution < -0.4 is 10.5 Å². The van der Waals surface area contributed by atoms with Gasteiger partial charge in [0.2, 0.25) is 10.0 Å². The zero-order valence-electron chi connectivity index (χ0n) is 12.2. The van der Waals surface area contributed by atoms with Crippen molar-refractivity contribution in [3.63, 3.8) is 0 Å². The molecule has 0 radical (unpaired) electrons. The van der Waals surface area contributed by atoms with Crippen LogP contribution in [0.1, 0.15) is 24.7 Å². The van der Waals surface area contributed by atoms with Gasteiger partial charge >= 0.3 is 0 Å². The number of likely N-dealkylation sites (tertiary alicyclic amines) is 1. The van der Waals surface area contributed by atoms with E-state index in [9.17, 15) is 8.42 Å². The molecule has 0 amide bonds. The predicted molar refractivity (Wildman–Crippen MR) is 76.6 cm³/mol. The molecule has 2 heterocycles. The van der Waals surface area contributed by atoms with E-state index in [1.54, 1.807) is 6.92 Å². The average Bonchev–Trinajstić information content (AvgIpc) is 2.75. The van der Waals surface area contributed by atoms with Crippen molar-refractivity contribution in [1.82, 2.24) is 19.8 Å². The number of nitrogens with one attached hydrogen (secondary N) is 2. The van der Waals surface area contributed by atoms with Gasteiger partial charge < -0.3 is 10.6 Å². The summed E-state index contributed by atoms with van der Waals surface area (Å²) in [6, 6.07) is -0.0453. The Morgan fingerprint density at radius 1 is 1.55 bits per heavy atom. The summed E-state index contributed by atoms with van der Waals surface area (Å²) in [5.41, 5.74) is 6.47. The van der Waals surface area contributed by atoms with E-state index >= 15 is 0 Å². The molecule has 0 aromatic carbocycles. The van der Waals surface area contributed by atoms with Crippen LogP contribution in [0.25, 0.3) is 0 Å². The molecule has 2 atom stereocenters. The fourth-order valence-electron chi connectivity index (χ4n) is 2.75. The molecule has 0 aliphatic carbocycles. The van der Waals surface area contributed by atoms with E-state index in [2.05, 4.69) is 26.7 Å². The molecule has 1 aliphatic rings. The Hall–Kier alpha value is -0.960. The molecule has 7 nitrogen and oxygen atoms in total. The van der Waals surface area contributed by atoms with Crippen LogP contribution >= 0.6 is 0 Å². The third-order valence-corrected chi connectivity index (χ3v) is 5.53. The Morgan fingerprint density at radius 3 is 2.85 bits per heavy atom. The molecule has 1 aliphatic heterocycles. The van der Waals surface area contributed by atoms with Crippen molar-refractivity contribution < 1.29 is 8.42 Å². The van der Waals surface area contributed by atoms with E-state index in [-0.39, 0.29) is 23.4 Å². The molecule has 0 spiro atoms. The number of H-pyrrole nitrogens is 1. The number of piperidine rings is 1. The normalized spacial score (nSPS) is 25.0. The Kier molecular flexibility index (Phi) is 4.48. The number of sulfonamides is 1. The topological polar surface area (TPSA) is 104 Å². The lowest BCUT2D eigenvalue weighted by atomic mass is 9.95. The first-order valence-corrected chi connectivity index (χ1v) is 8.28. The minimum absolute atomic E-state index is 0.0453. The van der Waals surface area contributed by atoms with Crippen LogP contribution in [-0.2, 0) is 16.6 Å². The second-order valence-corrected chi connectivity index (χ2v) is 7.24. The van der Waals surface area contributed by atoms with Gasteiger partial charge in [-0.15, -0.1) is 0 Å². The smallest absolute Gasteiger partial charge is 0.244 e. The molecule has 2 unspecified atom stereocenters. The van der Waals surface area contributed by atoms with E-state index in [0.717, 1.165) is 19.5 Å². The zero-order chi connectivity index (χ0) is 14.9. The van der Waals surface area contributed by atoms with Gasteiger partial charge in [-0.05, 0) is 32.9 Å². The minimum atomic E-state index is -3.58. The summed E-state index contributed by atoms with van der Waals surface area (Å²) < 4.78 is 27.9. The van der Waals surface area contributed by atoms with Crippen molar-refractivity contribution in [2.75, 3.05) is 20.1 Å². The number of rotatable bonds is 4. The van der Waals surface area contributed by atoms with Gasteiger partial charge in [0.15, 0.2) is 0 Å². The zero-order valence-corrected chi connectivity index (χ0v) is 13.0. The van der Waals surface area contributed by atoms with E-state index in [1.807, 2.05) is 7.05 Å². The molecule has 1 aromatic rings. The third-order valence-electron chi connectivity index (χ3n) is 3.84. The van der Waals surface area contributed by atoms with Crippen LogP contribution in [0.15, 0.2) is 4.90 Å². The fourth-order valence-corrected chi connectivity index (χ4v) is 4.51. The maximum atomic E-state index is 12.5. The molecule has 0 saturated carbocycles. The maximum absolute atomic E-state index is 12.5. The van der Waals surface area contributed by atoms with Crippen molar-refractivity contribution in [2.45, 2.75) is 37.8 Å². The van der Waals surface area contributed by atoms with Gasteiger partial charge in [-0.1, -0.05) is 6.92 Å². The van der Waals surface area contributed by atoms with Crippen molar-refractivity contribution in [3.05, 3.63) is 11.4 Å². The molecule has 0 bridgehead atoms. The van der Waals surface area contributed by atoms with E-state index < -0.39 is 10.0 Å². The standard InChI is InChI=1S/C12H23N5O2S/c1-8-7-17(3)5-4-10(8)16-20(18,19)12-9(2)14-15-11(12)6-13/h8,10,16H,4-7,13H2,1-3H3,(H,14,15). The van der Waals surface area contributed by atoms with E-state index in [0.29, 0.717) is 11.4 Å². The van der Waals surface area contributed by atoms with E-state index in [4.69, 9.17) is 5.73 Å². The fraction of sp³-hybridized carbons (Fsp3) is 0.750. The number of hydrogen-bond acceptors (Lipinski definition) is 5. The van der Waals surface area contributed by atoms with Crippen LogP contribution in [0.5, 0.6) is 0 Å². The van der Waals surface area contributed by atoms with Crippen molar-refractivity contribution in [2.24, 2.45) is 11.7 Å². The summed E-state index contributed by atoms with van der Waals surface area (Å²) in [5, 5.41) is 6.64. The van der Waals surface area contributed by atoms with Gasteiger partial charge in [-0.25, -0.2) is 13.1 Å². The molecule has 1 aromatic heterocycles. The first-order chi connectivity index (χ1) is 9.35. The second kappa shape index (κ2) is 5.80. The lowest BCUT2D eigenvalue weighted by molar-refractivity contribution is 0.188. The molecular weight excluding hydrogens is 278 g/mol. The minimum Gasteiger partial charge on any atom is -0.325 e. The predicted octanol–water partition coefficient (Wildman–Crippen LogP) is -0.205. The summed E-state index contributed by atoms with van der Waals surface area (Å²) in [4.78, 5) is 2.41.